The van der Waals surface area contributed by atoms with Gasteiger partial charge in [0, 0.05) is 14.0 Å². The van der Waals surface area contributed by atoms with Crippen LogP contribution in [0.25, 0.3) is 0 Å². The van der Waals surface area contributed by atoms with E-state index >= 15 is 0 Å². The molecule has 0 spiro atoms. The van der Waals surface area contributed by atoms with Crippen molar-refractivity contribution in [1.29, 1.82) is 0 Å². The Hall–Kier alpha value is -1.59. The summed E-state index contributed by atoms with van der Waals surface area (Å²) in [5.74, 6) is -0.223. The Morgan fingerprint density at radius 3 is 2.47 bits per heavy atom. The molecular formula is C12H17NO4. The number of carbonyl (C=O) groups excluding carboxylic acids is 1. The fourth-order valence-corrected chi connectivity index (χ4v) is 1.49. The Labute approximate surface area is 100 Å². The van der Waals surface area contributed by atoms with Gasteiger partial charge in [0.05, 0.1) is 12.6 Å². The van der Waals surface area contributed by atoms with Crippen LogP contribution in [0, 0.1) is 0 Å². The summed E-state index contributed by atoms with van der Waals surface area (Å²) >= 11 is 0. The minimum absolute atomic E-state index is 0.120. The minimum Gasteiger partial charge on any atom is -0.508 e. The maximum Gasteiger partial charge on any atom is 0.322 e. The lowest BCUT2D eigenvalue weighted by Crippen LogP contribution is -2.37. The number of aliphatic hydroxyl groups is 1. The maximum absolute atomic E-state index is 10.8. The number of nitrogens with zero attached hydrogens (tertiary/aromatic N) is 1. The van der Waals surface area contributed by atoms with Crippen LogP contribution >= 0.6 is 0 Å². The van der Waals surface area contributed by atoms with Crippen LogP contribution < -0.4 is 0 Å². The third-order valence-corrected chi connectivity index (χ3v) is 2.41. The topological polar surface area (TPSA) is 70.0 Å². The lowest BCUT2D eigenvalue weighted by molar-refractivity contribution is -0.194. The van der Waals surface area contributed by atoms with Gasteiger partial charge >= 0.3 is 5.97 Å². The number of aliphatic hydroxyl groups excluding tert-OH is 1. The molecule has 1 aromatic carbocycles. The van der Waals surface area contributed by atoms with E-state index in [2.05, 4.69) is 0 Å². The van der Waals surface area contributed by atoms with Crippen LogP contribution in [0.3, 0.4) is 0 Å². The van der Waals surface area contributed by atoms with Gasteiger partial charge in [-0.2, -0.15) is 0 Å². The van der Waals surface area contributed by atoms with Crippen molar-refractivity contribution in [2.45, 2.75) is 19.4 Å². The number of carbonyl (C=O) groups is 1. The predicted molar refractivity (Wildman–Crippen MR) is 62.2 cm³/mol. The summed E-state index contributed by atoms with van der Waals surface area (Å²) in [5.41, 5.74) is 0.945. The van der Waals surface area contributed by atoms with Gasteiger partial charge in [-0.1, -0.05) is 12.1 Å². The highest BCUT2D eigenvalue weighted by molar-refractivity contribution is 5.65. The van der Waals surface area contributed by atoms with Gasteiger partial charge in [0.25, 0.3) is 0 Å². The normalized spacial score (nSPS) is 12.5. The van der Waals surface area contributed by atoms with Gasteiger partial charge in [0.1, 0.15) is 5.75 Å². The number of rotatable bonds is 5. The molecule has 2 N–H and O–H groups in total. The minimum atomic E-state index is -0.420. The Morgan fingerprint density at radius 2 is 2.00 bits per heavy atom. The van der Waals surface area contributed by atoms with Crippen molar-refractivity contribution in [3.05, 3.63) is 29.8 Å². The highest BCUT2D eigenvalue weighted by Crippen LogP contribution is 2.13. The highest BCUT2D eigenvalue weighted by Gasteiger charge is 2.17. The fourth-order valence-electron chi connectivity index (χ4n) is 1.49. The molecule has 1 atom stereocenters. The standard InChI is InChI=1S/C12H17NO4/c1-9(15)17-13(2)11(8-14)7-10-3-5-12(16)6-4-10/h3-6,11,14,16H,7-8H2,1-2H3/t11-/m0/s1. The molecule has 1 rings (SSSR count). The van der Waals surface area contributed by atoms with Crippen LogP contribution in [0.5, 0.6) is 5.75 Å². The number of hydroxylamine groups is 2. The molecular weight excluding hydrogens is 222 g/mol. The zero-order valence-electron chi connectivity index (χ0n) is 9.96. The number of hydrogen-bond acceptors (Lipinski definition) is 5. The molecule has 0 saturated heterocycles. The second kappa shape index (κ2) is 6.22. The number of phenols is 1. The van der Waals surface area contributed by atoms with Gasteiger partial charge in [-0.3, -0.25) is 4.79 Å². The van der Waals surface area contributed by atoms with Crippen LogP contribution in [0.2, 0.25) is 0 Å². The third-order valence-electron chi connectivity index (χ3n) is 2.41. The SMILES string of the molecule is CC(=O)ON(C)[C@H](CO)Cc1ccc(O)cc1. The number of phenolic OH excluding ortho intramolecular Hbond substituents is 1. The first-order chi connectivity index (χ1) is 8.02. The molecule has 0 bridgehead atoms. The smallest absolute Gasteiger partial charge is 0.322 e. The zero-order valence-corrected chi connectivity index (χ0v) is 9.96. The molecule has 0 aliphatic heterocycles. The molecule has 0 aromatic heterocycles. The van der Waals surface area contributed by atoms with Crippen LogP contribution in [0.15, 0.2) is 24.3 Å². The summed E-state index contributed by atoms with van der Waals surface area (Å²) in [7, 11) is 1.60. The molecule has 0 radical (unpaired) electrons. The molecule has 0 saturated carbocycles. The molecule has 0 heterocycles. The summed E-state index contributed by atoms with van der Waals surface area (Å²) in [4.78, 5) is 15.7. The predicted octanol–water partition coefficient (Wildman–Crippen LogP) is 0.705. The first kappa shape index (κ1) is 13.5. The van der Waals surface area contributed by atoms with Crippen LogP contribution in [0.1, 0.15) is 12.5 Å². The molecule has 0 unspecified atom stereocenters. The zero-order chi connectivity index (χ0) is 12.8. The van der Waals surface area contributed by atoms with Crippen molar-refractivity contribution in [1.82, 2.24) is 5.06 Å². The van der Waals surface area contributed by atoms with Gasteiger partial charge in [0.2, 0.25) is 0 Å². The highest BCUT2D eigenvalue weighted by atomic mass is 16.7. The van der Waals surface area contributed by atoms with Gasteiger partial charge in [0.15, 0.2) is 0 Å². The van der Waals surface area contributed by atoms with E-state index in [1.54, 1.807) is 31.3 Å². The second-order valence-electron chi connectivity index (χ2n) is 3.84. The van der Waals surface area contributed by atoms with Crippen molar-refractivity contribution in [2.24, 2.45) is 0 Å². The van der Waals surface area contributed by atoms with E-state index in [1.807, 2.05) is 0 Å². The summed E-state index contributed by atoms with van der Waals surface area (Å²) in [5, 5.41) is 19.7. The third kappa shape index (κ3) is 4.42. The van der Waals surface area contributed by atoms with Crippen molar-refractivity contribution in [3.63, 3.8) is 0 Å². The Kier molecular flexibility index (Phi) is 4.93. The molecule has 5 nitrogen and oxygen atoms in total. The first-order valence-corrected chi connectivity index (χ1v) is 5.33. The summed E-state index contributed by atoms with van der Waals surface area (Å²) in [6.45, 7) is 1.19. The van der Waals surface area contributed by atoms with Gasteiger partial charge in [-0.05, 0) is 24.1 Å². The van der Waals surface area contributed by atoms with Crippen LogP contribution in [0.4, 0.5) is 0 Å². The number of aromatic hydroxyl groups is 1. The van der Waals surface area contributed by atoms with Gasteiger partial charge in [-0.15, -0.1) is 5.06 Å². The number of likely N-dealkylation sites (N-methyl/N-ethyl adjacent to an activating group) is 1. The maximum atomic E-state index is 10.8. The van der Waals surface area contributed by atoms with E-state index in [-0.39, 0.29) is 18.4 Å². The number of hydrogen-bond donors (Lipinski definition) is 2. The van der Waals surface area contributed by atoms with Crippen molar-refractivity contribution < 1.29 is 19.8 Å². The van der Waals surface area contributed by atoms with E-state index in [0.29, 0.717) is 6.42 Å². The van der Waals surface area contributed by atoms with Crippen molar-refractivity contribution in [2.75, 3.05) is 13.7 Å². The summed E-state index contributed by atoms with van der Waals surface area (Å²) in [6.07, 6.45) is 0.528. The quantitative estimate of drug-likeness (QED) is 0.740. The lowest BCUT2D eigenvalue weighted by Gasteiger charge is -2.24. The van der Waals surface area contributed by atoms with E-state index in [0.717, 1.165) is 5.56 Å². The lowest BCUT2D eigenvalue weighted by atomic mass is 10.1. The largest absolute Gasteiger partial charge is 0.508 e. The van der Waals surface area contributed by atoms with E-state index in [4.69, 9.17) is 9.94 Å². The molecule has 0 aliphatic rings. The monoisotopic (exact) mass is 239 g/mol. The molecule has 0 amide bonds. The van der Waals surface area contributed by atoms with E-state index < -0.39 is 5.97 Å². The molecule has 5 heteroatoms. The molecule has 0 fully saturated rings. The first-order valence-electron chi connectivity index (χ1n) is 5.33. The van der Waals surface area contributed by atoms with Gasteiger partial charge < -0.3 is 15.1 Å². The van der Waals surface area contributed by atoms with Gasteiger partial charge in [-0.25, -0.2) is 0 Å². The molecule has 17 heavy (non-hydrogen) atoms. The van der Waals surface area contributed by atoms with Crippen LogP contribution in [-0.4, -0.2) is 40.9 Å². The average Bonchev–Trinajstić information content (AvgIpc) is 2.27. The Morgan fingerprint density at radius 1 is 1.41 bits per heavy atom. The number of benzene rings is 1. The Balaban J connectivity index is 2.62. The van der Waals surface area contributed by atoms with Crippen LogP contribution in [-0.2, 0) is 16.1 Å². The molecule has 1 aromatic rings. The summed E-state index contributed by atoms with van der Waals surface area (Å²) < 4.78 is 0. The summed E-state index contributed by atoms with van der Waals surface area (Å²) in [6, 6.07) is 6.38. The van der Waals surface area contributed by atoms with Crippen molar-refractivity contribution in [3.8, 4) is 5.75 Å². The molecule has 0 aliphatic carbocycles. The fraction of sp³-hybridized carbons (Fsp3) is 0.417. The Bertz CT molecular complexity index is 363. The average molecular weight is 239 g/mol. The van der Waals surface area contributed by atoms with Crippen molar-refractivity contribution >= 4 is 5.97 Å². The second-order valence-corrected chi connectivity index (χ2v) is 3.84. The van der Waals surface area contributed by atoms with E-state index in [9.17, 15) is 9.90 Å². The molecule has 94 valence electrons. The van der Waals surface area contributed by atoms with E-state index in [1.165, 1.54) is 12.0 Å².